The Kier molecular flexibility index (Phi) is 2.07. The van der Waals surface area contributed by atoms with Crippen LogP contribution in [-0.4, -0.2) is 31.2 Å². The Balaban J connectivity index is 2.05. The largest absolute Gasteiger partial charge is 0.460 e. The SMILES string of the molecule is c1cc2ccoc2c(N2CCNCC2)n1. The normalized spacial score (nSPS) is 17.2. The van der Waals surface area contributed by atoms with Crippen LogP contribution in [0.5, 0.6) is 0 Å². The molecule has 4 nitrogen and oxygen atoms in total. The molecule has 2 aromatic heterocycles. The van der Waals surface area contributed by atoms with Crippen molar-refractivity contribution in [3.8, 4) is 0 Å². The van der Waals surface area contributed by atoms with E-state index in [1.54, 1.807) is 6.26 Å². The Morgan fingerprint density at radius 3 is 3.00 bits per heavy atom. The monoisotopic (exact) mass is 203 g/mol. The molecule has 4 heteroatoms. The molecule has 1 aliphatic heterocycles. The van der Waals surface area contributed by atoms with Gasteiger partial charge in [-0.2, -0.15) is 0 Å². The third-order valence-electron chi connectivity index (χ3n) is 2.77. The third kappa shape index (κ3) is 1.47. The van der Waals surface area contributed by atoms with Gasteiger partial charge in [-0.05, 0) is 12.1 Å². The fourth-order valence-electron chi connectivity index (χ4n) is 1.98. The predicted molar refractivity (Wildman–Crippen MR) is 59.1 cm³/mol. The zero-order valence-corrected chi connectivity index (χ0v) is 8.44. The van der Waals surface area contributed by atoms with E-state index < -0.39 is 0 Å². The summed E-state index contributed by atoms with van der Waals surface area (Å²) >= 11 is 0. The van der Waals surface area contributed by atoms with Crippen molar-refractivity contribution < 1.29 is 4.42 Å². The number of furan rings is 1. The first kappa shape index (κ1) is 8.73. The van der Waals surface area contributed by atoms with Crippen LogP contribution in [0.1, 0.15) is 0 Å². The highest BCUT2D eigenvalue weighted by atomic mass is 16.3. The van der Waals surface area contributed by atoms with Gasteiger partial charge >= 0.3 is 0 Å². The van der Waals surface area contributed by atoms with Crippen LogP contribution >= 0.6 is 0 Å². The van der Waals surface area contributed by atoms with Crippen molar-refractivity contribution >= 4 is 16.8 Å². The summed E-state index contributed by atoms with van der Waals surface area (Å²) in [5.41, 5.74) is 0.902. The Bertz CT molecular complexity index is 460. The minimum Gasteiger partial charge on any atom is -0.460 e. The van der Waals surface area contributed by atoms with Gasteiger partial charge < -0.3 is 14.6 Å². The molecule has 0 atom stereocenters. The maximum absolute atomic E-state index is 5.48. The second-order valence-corrected chi connectivity index (χ2v) is 3.71. The van der Waals surface area contributed by atoms with Gasteiger partial charge in [0, 0.05) is 37.8 Å². The molecule has 1 fully saturated rings. The molecule has 2 aromatic rings. The number of hydrogen-bond donors (Lipinski definition) is 1. The van der Waals surface area contributed by atoms with Crippen LogP contribution in [0.25, 0.3) is 11.0 Å². The van der Waals surface area contributed by atoms with E-state index in [0.29, 0.717) is 0 Å². The fourth-order valence-corrected chi connectivity index (χ4v) is 1.98. The zero-order valence-electron chi connectivity index (χ0n) is 8.44. The summed E-state index contributed by atoms with van der Waals surface area (Å²) in [6.45, 7) is 4.01. The van der Waals surface area contributed by atoms with Gasteiger partial charge in [0.15, 0.2) is 11.4 Å². The van der Waals surface area contributed by atoms with Gasteiger partial charge in [0.1, 0.15) is 0 Å². The molecule has 78 valence electrons. The van der Waals surface area contributed by atoms with E-state index in [9.17, 15) is 0 Å². The summed E-state index contributed by atoms with van der Waals surface area (Å²) in [6, 6.07) is 3.95. The van der Waals surface area contributed by atoms with Gasteiger partial charge in [-0.25, -0.2) is 4.98 Å². The van der Waals surface area contributed by atoms with Crippen LogP contribution in [0.15, 0.2) is 29.0 Å². The van der Waals surface area contributed by atoms with Crippen molar-refractivity contribution in [3.63, 3.8) is 0 Å². The molecule has 0 aliphatic carbocycles. The molecule has 1 aliphatic rings. The molecule has 0 spiro atoms. The highest BCUT2D eigenvalue weighted by Crippen LogP contribution is 2.25. The fraction of sp³-hybridized carbons (Fsp3) is 0.364. The highest BCUT2D eigenvalue weighted by molar-refractivity contribution is 5.86. The quantitative estimate of drug-likeness (QED) is 0.757. The van der Waals surface area contributed by atoms with Crippen LogP contribution in [0.2, 0.25) is 0 Å². The molecule has 15 heavy (non-hydrogen) atoms. The van der Waals surface area contributed by atoms with Gasteiger partial charge in [0.25, 0.3) is 0 Å². The maximum Gasteiger partial charge on any atom is 0.176 e. The lowest BCUT2D eigenvalue weighted by Gasteiger charge is -2.28. The number of anilines is 1. The van der Waals surface area contributed by atoms with Gasteiger partial charge in [-0.15, -0.1) is 0 Å². The number of piperazine rings is 1. The summed E-state index contributed by atoms with van der Waals surface area (Å²) < 4.78 is 5.48. The smallest absolute Gasteiger partial charge is 0.176 e. The van der Waals surface area contributed by atoms with E-state index in [1.165, 1.54) is 0 Å². The number of aromatic nitrogens is 1. The first-order chi connectivity index (χ1) is 7.45. The molecule has 1 N–H and O–H groups in total. The second kappa shape index (κ2) is 3.55. The van der Waals surface area contributed by atoms with Crippen LogP contribution in [-0.2, 0) is 0 Å². The maximum atomic E-state index is 5.48. The standard InChI is InChI=1S/C11H13N3O/c1-3-13-11(10-9(1)2-8-15-10)14-6-4-12-5-7-14/h1-3,8,12H,4-7H2. The molecular formula is C11H13N3O. The number of fused-ring (bicyclic) bond motifs is 1. The summed E-state index contributed by atoms with van der Waals surface area (Å²) in [7, 11) is 0. The summed E-state index contributed by atoms with van der Waals surface area (Å²) in [6.07, 6.45) is 3.56. The number of pyridine rings is 1. The van der Waals surface area contributed by atoms with Gasteiger partial charge in [-0.3, -0.25) is 0 Å². The van der Waals surface area contributed by atoms with Crippen molar-refractivity contribution in [2.24, 2.45) is 0 Å². The van der Waals surface area contributed by atoms with Crippen molar-refractivity contribution in [1.29, 1.82) is 0 Å². The van der Waals surface area contributed by atoms with Crippen LogP contribution in [0.3, 0.4) is 0 Å². The Morgan fingerprint density at radius 2 is 2.13 bits per heavy atom. The second-order valence-electron chi connectivity index (χ2n) is 3.71. The number of nitrogens with one attached hydrogen (secondary N) is 1. The molecule has 3 heterocycles. The van der Waals surface area contributed by atoms with Crippen LogP contribution < -0.4 is 10.2 Å². The Morgan fingerprint density at radius 1 is 1.27 bits per heavy atom. The molecule has 3 rings (SSSR count). The van der Waals surface area contributed by atoms with E-state index in [2.05, 4.69) is 15.2 Å². The third-order valence-corrected chi connectivity index (χ3v) is 2.77. The topological polar surface area (TPSA) is 41.3 Å². The Hall–Kier alpha value is -1.55. The first-order valence-corrected chi connectivity index (χ1v) is 5.23. The average Bonchev–Trinajstić information content (AvgIpc) is 2.78. The number of nitrogens with zero attached hydrogens (tertiary/aromatic N) is 2. The van der Waals surface area contributed by atoms with Crippen molar-refractivity contribution in [1.82, 2.24) is 10.3 Å². The minimum absolute atomic E-state index is 0.902. The van der Waals surface area contributed by atoms with Crippen molar-refractivity contribution in [3.05, 3.63) is 24.6 Å². The van der Waals surface area contributed by atoms with Gasteiger partial charge in [0.05, 0.1) is 6.26 Å². The molecule has 0 bridgehead atoms. The molecule has 0 amide bonds. The van der Waals surface area contributed by atoms with E-state index in [0.717, 1.165) is 43.0 Å². The lowest BCUT2D eigenvalue weighted by Crippen LogP contribution is -2.43. The molecule has 0 radical (unpaired) electrons. The van der Waals surface area contributed by atoms with Crippen LogP contribution in [0, 0.1) is 0 Å². The number of hydrogen-bond acceptors (Lipinski definition) is 4. The first-order valence-electron chi connectivity index (χ1n) is 5.23. The lowest BCUT2D eigenvalue weighted by molar-refractivity contribution is 0.574. The van der Waals surface area contributed by atoms with Crippen molar-refractivity contribution in [2.45, 2.75) is 0 Å². The van der Waals surface area contributed by atoms with Crippen molar-refractivity contribution in [2.75, 3.05) is 31.1 Å². The van der Waals surface area contributed by atoms with E-state index in [1.807, 2.05) is 18.3 Å². The van der Waals surface area contributed by atoms with Gasteiger partial charge in [-0.1, -0.05) is 0 Å². The van der Waals surface area contributed by atoms with E-state index in [-0.39, 0.29) is 0 Å². The van der Waals surface area contributed by atoms with E-state index >= 15 is 0 Å². The average molecular weight is 203 g/mol. The number of rotatable bonds is 1. The summed E-state index contributed by atoms with van der Waals surface area (Å²) in [5, 5.41) is 4.45. The highest BCUT2D eigenvalue weighted by Gasteiger charge is 2.15. The molecule has 0 saturated carbocycles. The summed E-state index contributed by atoms with van der Waals surface area (Å²) in [4.78, 5) is 6.67. The molecular weight excluding hydrogens is 190 g/mol. The lowest BCUT2D eigenvalue weighted by atomic mass is 10.3. The zero-order chi connectivity index (χ0) is 10.1. The van der Waals surface area contributed by atoms with Gasteiger partial charge in [0.2, 0.25) is 0 Å². The van der Waals surface area contributed by atoms with E-state index in [4.69, 9.17) is 4.42 Å². The minimum atomic E-state index is 0.902. The molecule has 1 saturated heterocycles. The van der Waals surface area contributed by atoms with Crippen LogP contribution in [0.4, 0.5) is 5.82 Å². The predicted octanol–water partition coefficient (Wildman–Crippen LogP) is 1.24. The Labute approximate surface area is 87.9 Å². The molecule has 0 unspecified atom stereocenters. The molecule has 0 aromatic carbocycles. The summed E-state index contributed by atoms with van der Waals surface area (Å²) in [5.74, 6) is 0.971.